The predicted octanol–water partition coefficient (Wildman–Crippen LogP) is 3.94. The number of nitrogens with one attached hydrogen (secondary N) is 1. The summed E-state index contributed by atoms with van der Waals surface area (Å²) in [7, 11) is -3.59. The third-order valence-corrected chi connectivity index (χ3v) is 6.99. The molecule has 2 heterocycles. The first kappa shape index (κ1) is 20.4. The highest BCUT2D eigenvalue weighted by atomic mass is 32.2. The first-order valence-electron chi connectivity index (χ1n) is 9.51. The van der Waals surface area contributed by atoms with Gasteiger partial charge in [-0.1, -0.05) is 6.42 Å². The number of carbonyl (C=O) groups is 1. The molecule has 1 saturated heterocycles. The number of halogens is 2. The predicted molar refractivity (Wildman–Crippen MR) is 109 cm³/mol. The molecule has 1 aromatic heterocycles. The van der Waals surface area contributed by atoms with Gasteiger partial charge in [0.25, 0.3) is 5.91 Å². The molecule has 0 spiro atoms. The van der Waals surface area contributed by atoms with Crippen LogP contribution >= 0.6 is 0 Å². The Bertz CT molecular complexity index is 1210. The largest absolute Gasteiger partial charge is 0.321 e. The van der Waals surface area contributed by atoms with E-state index in [-0.39, 0.29) is 27.0 Å². The molecular formula is C21H19F2N3O3S. The highest BCUT2D eigenvalue weighted by molar-refractivity contribution is 7.89. The number of amides is 1. The number of hydrogen-bond acceptors (Lipinski definition) is 4. The summed E-state index contributed by atoms with van der Waals surface area (Å²) in [4.78, 5) is 16.6. The minimum atomic E-state index is -3.59. The van der Waals surface area contributed by atoms with Crippen molar-refractivity contribution in [2.45, 2.75) is 24.2 Å². The Hall–Kier alpha value is -2.91. The SMILES string of the molecule is O=C(Nc1ccnc2c(F)cc(F)cc12)c1ccc(S(=O)(=O)N2CCCCC2)cc1. The van der Waals surface area contributed by atoms with Crippen LogP contribution in [0.15, 0.2) is 53.6 Å². The van der Waals surface area contributed by atoms with Crippen LogP contribution in [-0.4, -0.2) is 36.7 Å². The maximum atomic E-state index is 13.9. The maximum absolute atomic E-state index is 13.9. The topological polar surface area (TPSA) is 79.4 Å². The van der Waals surface area contributed by atoms with Crippen LogP contribution in [0.1, 0.15) is 29.6 Å². The van der Waals surface area contributed by atoms with E-state index in [1.807, 2.05) is 0 Å². The Morgan fingerprint density at radius 2 is 1.70 bits per heavy atom. The second-order valence-electron chi connectivity index (χ2n) is 7.09. The summed E-state index contributed by atoms with van der Waals surface area (Å²) in [5.74, 6) is -2.14. The van der Waals surface area contributed by atoms with Gasteiger partial charge in [0.2, 0.25) is 10.0 Å². The molecule has 0 atom stereocenters. The molecule has 6 nitrogen and oxygen atoms in total. The number of anilines is 1. The normalized spacial score (nSPS) is 15.3. The van der Waals surface area contributed by atoms with E-state index in [1.54, 1.807) is 0 Å². The average molecular weight is 431 g/mol. The molecule has 0 saturated carbocycles. The molecule has 1 amide bonds. The molecule has 1 fully saturated rings. The van der Waals surface area contributed by atoms with Crippen LogP contribution in [0.4, 0.5) is 14.5 Å². The number of piperidine rings is 1. The van der Waals surface area contributed by atoms with Crippen molar-refractivity contribution >= 4 is 32.5 Å². The Balaban J connectivity index is 1.57. The van der Waals surface area contributed by atoms with Crippen LogP contribution in [0, 0.1) is 11.6 Å². The van der Waals surface area contributed by atoms with Crippen molar-refractivity contribution in [3.8, 4) is 0 Å². The van der Waals surface area contributed by atoms with Crippen LogP contribution in [-0.2, 0) is 10.0 Å². The minimum Gasteiger partial charge on any atom is -0.321 e. The number of aromatic nitrogens is 1. The molecular weight excluding hydrogens is 412 g/mol. The van der Waals surface area contributed by atoms with E-state index in [9.17, 15) is 22.0 Å². The number of benzene rings is 2. The second-order valence-corrected chi connectivity index (χ2v) is 9.02. The van der Waals surface area contributed by atoms with Crippen LogP contribution in [0.25, 0.3) is 10.9 Å². The zero-order chi connectivity index (χ0) is 21.3. The third-order valence-electron chi connectivity index (χ3n) is 5.08. The van der Waals surface area contributed by atoms with Crippen molar-refractivity contribution in [3.63, 3.8) is 0 Å². The molecule has 156 valence electrons. The summed E-state index contributed by atoms with van der Waals surface area (Å²) in [6, 6.07) is 8.87. The molecule has 3 aromatic rings. The molecule has 0 bridgehead atoms. The summed E-state index contributed by atoms with van der Waals surface area (Å²) in [6.45, 7) is 0.986. The van der Waals surface area contributed by atoms with Gasteiger partial charge in [0.05, 0.1) is 10.6 Å². The lowest BCUT2D eigenvalue weighted by molar-refractivity contribution is 0.102. The number of rotatable bonds is 4. The molecule has 0 unspecified atom stereocenters. The van der Waals surface area contributed by atoms with Gasteiger partial charge in [-0.2, -0.15) is 4.31 Å². The van der Waals surface area contributed by atoms with E-state index in [0.29, 0.717) is 13.1 Å². The first-order valence-corrected chi connectivity index (χ1v) is 11.0. The van der Waals surface area contributed by atoms with E-state index in [0.717, 1.165) is 31.4 Å². The Morgan fingerprint density at radius 1 is 1.00 bits per heavy atom. The van der Waals surface area contributed by atoms with Crippen molar-refractivity contribution in [2.24, 2.45) is 0 Å². The number of hydrogen-bond donors (Lipinski definition) is 1. The first-order chi connectivity index (χ1) is 14.4. The third kappa shape index (κ3) is 3.90. The van der Waals surface area contributed by atoms with E-state index in [1.165, 1.54) is 40.8 Å². The second kappa shape index (κ2) is 8.08. The monoisotopic (exact) mass is 431 g/mol. The van der Waals surface area contributed by atoms with Gasteiger partial charge >= 0.3 is 0 Å². The van der Waals surface area contributed by atoms with Crippen LogP contribution in [0.5, 0.6) is 0 Å². The Kier molecular flexibility index (Phi) is 5.48. The van der Waals surface area contributed by atoms with Crippen LogP contribution < -0.4 is 5.32 Å². The number of fused-ring (bicyclic) bond motifs is 1. The number of pyridine rings is 1. The highest BCUT2D eigenvalue weighted by Crippen LogP contribution is 2.26. The number of carbonyl (C=O) groups excluding carboxylic acids is 1. The molecule has 0 radical (unpaired) electrons. The fourth-order valence-electron chi connectivity index (χ4n) is 3.51. The molecule has 4 rings (SSSR count). The Labute approximate surface area is 172 Å². The van der Waals surface area contributed by atoms with Gasteiger partial charge in [0.15, 0.2) is 5.82 Å². The summed E-state index contributed by atoms with van der Waals surface area (Å²) >= 11 is 0. The molecule has 9 heteroatoms. The fourth-order valence-corrected chi connectivity index (χ4v) is 5.03. The van der Waals surface area contributed by atoms with Gasteiger partial charge in [-0.3, -0.25) is 9.78 Å². The standard InChI is InChI=1S/C21H19F2N3O3S/c22-15-12-17-19(8-9-24-20(17)18(23)13-15)25-21(27)14-4-6-16(7-5-14)30(28,29)26-10-2-1-3-11-26/h4-9,12-13H,1-3,10-11H2,(H,24,25,27). The molecule has 30 heavy (non-hydrogen) atoms. The summed E-state index contributed by atoms with van der Waals surface area (Å²) in [6.07, 6.45) is 4.00. The Morgan fingerprint density at radius 3 is 2.40 bits per heavy atom. The molecule has 0 aliphatic carbocycles. The van der Waals surface area contributed by atoms with Crippen molar-refractivity contribution < 1.29 is 22.0 Å². The summed E-state index contributed by atoms with van der Waals surface area (Å²) in [5, 5.41) is 2.74. The molecule has 1 aliphatic rings. The maximum Gasteiger partial charge on any atom is 0.255 e. The fraction of sp³-hybridized carbons (Fsp3) is 0.238. The number of nitrogens with zero attached hydrogens (tertiary/aromatic N) is 2. The van der Waals surface area contributed by atoms with E-state index < -0.39 is 27.6 Å². The molecule has 2 aromatic carbocycles. The summed E-state index contributed by atoms with van der Waals surface area (Å²) in [5.41, 5.74) is 0.361. The lowest BCUT2D eigenvalue weighted by Crippen LogP contribution is -2.35. The van der Waals surface area contributed by atoms with Crippen molar-refractivity contribution in [1.29, 1.82) is 0 Å². The summed E-state index contributed by atoms with van der Waals surface area (Å²) < 4.78 is 54.4. The van der Waals surface area contributed by atoms with Gasteiger partial charge in [0.1, 0.15) is 11.3 Å². The molecule has 1 N–H and O–H groups in total. The van der Waals surface area contributed by atoms with E-state index >= 15 is 0 Å². The average Bonchev–Trinajstić information content (AvgIpc) is 2.75. The van der Waals surface area contributed by atoms with Gasteiger partial charge < -0.3 is 5.32 Å². The van der Waals surface area contributed by atoms with E-state index in [4.69, 9.17) is 0 Å². The van der Waals surface area contributed by atoms with Gasteiger partial charge in [-0.15, -0.1) is 0 Å². The van der Waals surface area contributed by atoms with Crippen molar-refractivity contribution in [2.75, 3.05) is 18.4 Å². The zero-order valence-corrected chi connectivity index (χ0v) is 16.8. The lowest BCUT2D eigenvalue weighted by Gasteiger charge is -2.25. The van der Waals surface area contributed by atoms with Gasteiger partial charge in [0, 0.05) is 36.3 Å². The smallest absolute Gasteiger partial charge is 0.255 e. The van der Waals surface area contributed by atoms with Crippen molar-refractivity contribution in [3.05, 3.63) is 65.9 Å². The lowest BCUT2D eigenvalue weighted by atomic mass is 10.1. The van der Waals surface area contributed by atoms with Crippen molar-refractivity contribution in [1.82, 2.24) is 9.29 Å². The quantitative estimate of drug-likeness (QED) is 0.679. The molecule has 1 aliphatic heterocycles. The highest BCUT2D eigenvalue weighted by Gasteiger charge is 2.26. The van der Waals surface area contributed by atoms with Crippen LogP contribution in [0.3, 0.4) is 0 Å². The zero-order valence-electron chi connectivity index (χ0n) is 15.9. The van der Waals surface area contributed by atoms with Gasteiger partial charge in [-0.25, -0.2) is 17.2 Å². The number of sulfonamides is 1. The van der Waals surface area contributed by atoms with Crippen LogP contribution in [0.2, 0.25) is 0 Å². The van der Waals surface area contributed by atoms with E-state index in [2.05, 4.69) is 10.3 Å². The van der Waals surface area contributed by atoms with Gasteiger partial charge in [-0.05, 0) is 49.2 Å². The minimum absolute atomic E-state index is 0.0582.